The number of nitriles is 2. The number of nitrogen functional groups attached to an aromatic ring is 2. The number of fused-ring (bicyclic) bond motifs is 1. The fraction of sp³-hybridized carbons (Fsp3) is 0.0667. The van der Waals surface area contributed by atoms with Crippen molar-refractivity contribution in [2.45, 2.75) is 6.04 Å². The van der Waals surface area contributed by atoms with Gasteiger partial charge >= 0.3 is 0 Å². The highest BCUT2D eigenvalue weighted by Crippen LogP contribution is 2.46. The third-order valence-electron chi connectivity index (χ3n) is 4.08. The van der Waals surface area contributed by atoms with Crippen LogP contribution < -0.4 is 22.1 Å². The Morgan fingerprint density at radius 3 is 2.28 bits per heavy atom. The molecular weight excluding hydrogens is 384 g/mol. The van der Waals surface area contributed by atoms with Crippen LogP contribution in [0.3, 0.4) is 0 Å². The zero-order chi connectivity index (χ0) is 21.3. The average Bonchev–Trinajstić information content (AvgIpc) is 2.67. The molecule has 1 unspecified atom stereocenters. The van der Waals surface area contributed by atoms with Gasteiger partial charge < -0.3 is 16.8 Å². The summed E-state index contributed by atoms with van der Waals surface area (Å²) < 4.78 is 0. The van der Waals surface area contributed by atoms with Gasteiger partial charge in [0, 0.05) is 17.7 Å². The largest absolute Gasteiger partial charge is 0.397 e. The van der Waals surface area contributed by atoms with Crippen LogP contribution in [-0.4, -0.2) is 20.8 Å². The van der Waals surface area contributed by atoms with Gasteiger partial charge in [-0.3, -0.25) is 25.5 Å². The summed E-state index contributed by atoms with van der Waals surface area (Å²) in [5.41, 5.74) is 9.78. The number of rotatable bonds is 3. The molecule has 0 aliphatic carbocycles. The molecule has 0 saturated carbocycles. The molecule has 29 heavy (non-hydrogen) atoms. The summed E-state index contributed by atoms with van der Waals surface area (Å²) in [6, 6.07) is 3.66. The number of nitrogens with zero attached hydrogens (tertiary/aromatic N) is 6. The first-order chi connectivity index (χ1) is 13.8. The molecule has 0 fully saturated rings. The third kappa shape index (κ3) is 3.02. The Balaban J connectivity index is 2.42. The van der Waals surface area contributed by atoms with Gasteiger partial charge in [-0.25, -0.2) is 9.98 Å². The van der Waals surface area contributed by atoms with Crippen molar-refractivity contribution in [1.82, 2.24) is 10.3 Å². The Labute approximate surface area is 161 Å². The fourth-order valence-electron chi connectivity index (χ4n) is 2.93. The van der Waals surface area contributed by atoms with Gasteiger partial charge in [0.2, 0.25) is 5.96 Å². The van der Waals surface area contributed by atoms with Gasteiger partial charge in [-0.15, -0.1) is 0 Å². The highest BCUT2D eigenvalue weighted by Gasteiger charge is 2.38. The van der Waals surface area contributed by atoms with E-state index in [1.54, 1.807) is 12.3 Å². The maximum Gasteiger partial charge on any atom is 0.282 e. The molecule has 0 saturated heterocycles. The Kier molecular flexibility index (Phi) is 4.52. The second-order valence-corrected chi connectivity index (χ2v) is 5.63. The van der Waals surface area contributed by atoms with E-state index >= 15 is 0 Å². The molecule has 0 spiro atoms. The molecule has 6 N–H and O–H groups in total. The first-order valence-corrected chi connectivity index (χ1v) is 7.70. The van der Waals surface area contributed by atoms with Crippen molar-refractivity contribution in [2.75, 3.05) is 16.8 Å². The van der Waals surface area contributed by atoms with Gasteiger partial charge in [-0.05, 0) is 6.07 Å². The molecule has 0 radical (unpaired) electrons. The molecular formula is C15H10N10O4. The molecule has 1 aliphatic heterocycles. The van der Waals surface area contributed by atoms with Crippen LogP contribution in [0, 0.1) is 43.0 Å². The summed E-state index contributed by atoms with van der Waals surface area (Å²) in [4.78, 5) is 29.6. The maximum atomic E-state index is 11.6. The van der Waals surface area contributed by atoms with Gasteiger partial charge in [-0.2, -0.15) is 10.5 Å². The van der Waals surface area contributed by atoms with Crippen molar-refractivity contribution in [3.8, 4) is 12.3 Å². The van der Waals surface area contributed by atoms with Crippen LogP contribution in [0.15, 0.2) is 23.2 Å². The minimum atomic E-state index is -1.41. The van der Waals surface area contributed by atoms with E-state index < -0.39 is 27.3 Å². The third-order valence-corrected chi connectivity index (χ3v) is 4.08. The van der Waals surface area contributed by atoms with Crippen LogP contribution in [0.5, 0.6) is 0 Å². The lowest BCUT2D eigenvalue weighted by molar-refractivity contribution is -0.395. The van der Waals surface area contributed by atoms with Crippen molar-refractivity contribution < 1.29 is 9.85 Å². The predicted octanol–water partition coefficient (Wildman–Crippen LogP) is 0.876. The van der Waals surface area contributed by atoms with Crippen molar-refractivity contribution >= 4 is 34.7 Å². The van der Waals surface area contributed by atoms with E-state index in [4.69, 9.17) is 16.7 Å². The summed E-state index contributed by atoms with van der Waals surface area (Å²) in [6.45, 7) is 0. The fourth-order valence-corrected chi connectivity index (χ4v) is 2.93. The zero-order valence-corrected chi connectivity index (χ0v) is 14.3. The standard InChI is InChI=1S/C15H10N10O4/c16-4-6-11(18)10-12(21-15(20-5-17)23-14(10)22-13(6)19)9-7(24(26)27)2-1-3-8(9)25(28)29/h1-3,12H,(H6,18,19,20,21,22,23). The lowest BCUT2D eigenvalue weighted by Gasteiger charge is -2.25. The van der Waals surface area contributed by atoms with Crippen molar-refractivity contribution in [1.29, 1.82) is 10.5 Å². The number of anilines is 3. The van der Waals surface area contributed by atoms with Crippen LogP contribution in [0.1, 0.15) is 22.7 Å². The molecule has 0 amide bonds. The molecule has 2 heterocycles. The smallest absolute Gasteiger partial charge is 0.282 e. The normalized spacial score (nSPS) is 14.4. The summed E-state index contributed by atoms with van der Waals surface area (Å²) in [7, 11) is 0. The number of nitro groups is 2. The number of hydrogen-bond donors (Lipinski definition) is 4. The van der Waals surface area contributed by atoms with E-state index in [1.807, 2.05) is 0 Å². The molecule has 1 aromatic carbocycles. The van der Waals surface area contributed by atoms with Gasteiger partial charge in [0.25, 0.3) is 11.4 Å². The average molecular weight is 394 g/mol. The lowest BCUT2D eigenvalue weighted by Crippen LogP contribution is -2.33. The summed E-state index contributed by atoms with van der Waals surface area (Å²) in [5.74, 6) is -0.470. The molecule has 1 aromatic heterocycles. The highest BCUT2D eigenvalue weighted by molar-refractivity contribution is 5.98. The summed E-state index contributed by atoms with van der Waals surface area (Å²) in [5, 5.41) is 46.1. The monoisotopic (exact) mass is 394 g/mol. The van der Waals surface area contributed by atoms with Crippen LogP contribution in [-0.2, 0) is 0 Å². The van der Waals surface area contributed by atoms with E-state index in [9.17, 15) is 25.5 Å². The molecule has 0 bridgehead atoms. The van der Waals surface area contributed by atoms with E-state index in [-0.39, 0.29) is 40.0 Å². The quantitative estimate of drug-likeness (QED) is 0.246. The number of pyridine rings is 1. The molecule has 14 heteroatoms. The van der Waals surface area contributed by atoms with Gasteiger partial charge in [0.1, 0.15) is 34.9 Å². The van der Waals surface area contributed by atoms with E-state index in [1.165, 1.54) is 0 Å². The van der Waals surface area contributed by atoms with Crippen LogP contribution >= 0.6 is 0 Å². The van der Waals surface area contributed by atoms with E-state index in [0.717, 1.165) is 18.2 Å². The van der Waals surface area contributed by atoms with Gasteiger partial charge in [0.15, 0.2) is 6.19 Å². The Hall–Kier alpha value is -4.98. The van der Waals surface area contributed by atoms with Crippen molar-refractivity contribution in [3.05, 3.63) is 55.1 Å². The number of nitro benzene ring substituents is 2. The topological polar surface area (TPSA) is 235 Å². The Bertz CT molecular complexity index is 1140. The molecule has 2 aromatic rings. The van der Waals surface area contributed by atoms with Crippen LogP contribution in [0.4, 0.5) is 28.7 Å². The predicted molar refractivity (Wildman–Crippen MR) is 99.2 cm³/mol. The number of benzene rings is 1. The molecule has 144 valence electrons. The Morgan fingerprint density at radius 2 is 1.76 bits per heavy atom. The molecule has 1 aliphatic rings. The molecule has 14 nitrogen and oxygen atoms in total. The summed E-state index contributed by atoms with van der Waals surface area (Å²) >= 11 is 0. The summed E-state index contributed by atoms with van der Waals surface area (Å²) in [6.07, 6.45) is 1.61. The molecule has 3 rings (SSSR count). The molecule has 1 atom stereocenters. The number of guanidine groups is 1. The second kappa shape index (κ2) is 6.97. The van der Waals surface area contributed by atoms with E-state index in [2.05, 4.69) is 20.6 Å². The SMILES string of the molecule is N#CNC1=NC(c2c([N+](=O)[O-])cccc2[N+](=O)[O-])c2c(nc(N)c(C#N)c2N)N1. The number of nitrogens with one attached hydrogen (secondary N) is 2. The van der Waals surface area contributed by atoms with Crippen LogP contribution in [0.2, 0.25) is 0 Å². The first-order valence-electron chi connectivity index (χ1n) is 7.70. The number of nitrogens with two attached hydrogens (primary N) is 2. The number of aliphatic imine (C=N–C) groups is 1. The van der Waals surface area contributed by atoms with Crippen molar-refractivity contribution in [3.63, 3.8) is 0 Å². The lowest BCUT2D eigenvalue weighted by atomic mass is 9.93. The maximum absolute atomic E-state index is 11.6. The number of aromatic nitrogens is 1. The van der Waals surface area contributed by atoms with Crippen LogP contribution in [0.25, 0.3) is 0 Å². The second-order valence-electron chi connectivity index (χ2n) is 5.63. The van der Waals surface area contributed by atoms with Gasteiger partial charge in [0.05, 0.1) is 15.5 Å². The van der Waals surface area contributed by atoms with E-state index in [0.29, 0.717) is 0 Å². The first kappa shape index (κ1) is 18.8. The Morgan fingerprint density at radius 1 is 1.14 bits per heavy atom. The van der Waals surface area contributed by atoms with Crippen molar-refractivity contribution in [2.24, 2.45) is 4.99 Å². The number of hydrogen-bond acceptors (Lipinski definition) is 12. The minimum absolute atomic E-state index is 0.0170. The van der Waals surface area contributed by atoms with Gasteiger partial charge in [-0.1, -0.05) is 0 Å². The highest BCUT2D eigenvalue weighted by atomic mass is 16.6. The minimum Gasteiger partial charge on any atom is -0.397 e. The zero-order valence-electron chi connectivity index (χ0n) is 14.3.